The van der Waals surface area contributed by atoms with Gasteiger partial charge in [0.1, 0.15) is 12.4 Å². The van der Waals surface area contributed by atoms with Gasteiger partial charge in [0.25, 0.3) is 5.56 Å². The lowest BCUT2D eigenvalue weighted by atomic mass is 10.2. The number of aromatic nitrogens is 4. The van der Waals surface area contributed by atoms with Crippen molar-refractivity contribution in [2.75, 3.05) is 0 Å². The Bertz CT molecular complexity index is 1400. The van der Waals surface area contributed by atoms with Gasteiger partial charge in [0, 0.05) is 18.0 Å². The molecule has 0 radical (unpaired) electrons. The zero-order chi connectivity index (χ0) is 20.3. The maximum Gasteiger partial charge on any atom is 0.291 e. The number of thiazole rings is 1. The summed E-state index contributed by atoms with van der Waals surface area (Å²) in [6, 6.07) is 21.3. The van der Waals surface area contributed by atoms with Crippen LogP contribution in [0.4, 0.5) is 0 Å². The number of nitrogens with zero attached hydrogens (tertiary/aromatic N) is 4. The number of hydrogen-bond acceptors (Lipinski definition) is 6. The minimum Gasteiger partial charge on any atom is -0.489 e. The molecular formula is C23H16N4O2S. The Morgan fingerprint density at radius 3 is 2.57 bits per heavy atom. The Kier molecular flexibility index (Phi) is 4.78. The molecule has 7 heteroatoms. The van der Waals surface area contributed by atoms with Crippen molar-refractivity contribution >= 4 is 22.4 Å². The summed E-state index contributed by atoms with van der Waals surface area (Å²) in [5.41, 5.74) is 2.63. The van der Waals surface area contributed by atoms with Crippen molar-refractivity contribution in [1.29, 1.82) is 0 Å². The van der Waals surface area contributed by atoms with E-state index < -0.39 is 0 Å². The average molecular weight is 412 g/mol. The van der Waals surface area contributed by atoms with Crippen LogP contribution in [-0.2, 0) is 6.61 Å². The molecule has 3 heterocycles. The third-order valence-corrected chi connectivity index (χ3v) is 5.49. The second kappa shape index (κ2) is 7.88. The van der Waals surface area contributed by atoms with Crippen molar-refractivity contribution in [3.05, 3.63) is 105 Å². The molecule has 0 aliphatic rings. The minimum absolute atomic E-state index is 0.179. The Hall–Kier alpha value is -3.84. The minimum atomic E-state index is -0.179. The van der Waals surface area contributed by atoms with Crippen molar-refractivity contribution in [3.63, 3.8) is 0 Å². The molecule has 0 unspecified atom stereocenters. The van der Waals surface area contributed by atoms with Gasteiger partial charge in [-0.2, -0.15) is 9.50 Å². The van der Waals surface area contributed by atoms with E-state index in [-0.39, 0.29) is 5.56 Å². The second-order valence-electron chi connectivity index (χ2n) is 6.63. The van der Waals surface area contributed by atoms with Gasteiger partial charge in [-0.15, -0.1) is 5.10 Å². The second-order valence-corrected chi connectivity index (χ2v) is 7.64. The van der Waals surface area contributed by atoms with Gasteiger partial charge in [-0.1, -0.05) is 53.8 Å². The van der Waals surface area contributed by atoms with Crippen molar-refractivity contribution in [2.45, 2.75) is 6.61 Å². The lowest BCUT2D eigenvalue weighted by Gasteiger charge is -2.06. The molecule has 0 saturated heterocycles. The first kappa shape index (κ1) is 18.2. The molecule has 0 spiro atoms. The van der Waals surface area contributed by atoms with Crippen LogP contribution in [0.15, 0.2) is 83.9 Å². The average Bonchev–Trinajstić information content (AvgIpc) is 3.34. The number of benzene rings is 2. The fourth-order valence-corrected chi connectivity index (χ4v) is 3.91. The van der Waals surface area contributed by atoms with E-state index in [0.29, 0.717) is 21.9 Å². The molecule has 5 aromatic rings. The van der Waals surface area contributed by atoms with Crippen molar-refractivity contribution < 1.29 is 4.74 Å². The van der Waals surface area contributed by atoms with Crippen LogP contribution < -0.4 is 14.8 Å². The Morgan fingerprint density at radius 1 is 1.00 bits per heavy atom. The van der Waals surface area contributed by atoms with Gasteiger partial charge in [-0.05, 0) is 41.5 Å². The topological polar surface area (TPSA) is 69.4 Å². The highest BCUT2D eigenvalue weighted by atomic mass is 32.1. The first-order chi connectivity index (χ1) is 14.8. The highest BCUT2D eigenvalue weighted by Crippen LogP contribution is 2.16. The molecule has 0 aliphatic heterocycles. The number of hydrogen-bond donors (Lipinski definition) is 0. The fraction of sp³-hybridized carbons (Fsp3) is 0.0435. The fourth-order valence-electron chi connectivity index (χ4n) is 3.00. The van der Waals surface area contributed by atoms with E-state index in [1.807, 2.05) is 72.8 Å². The third-order valence-electron chi connectivity index (χ3n) is 4.53. The Morgan fingerprint density at radius 2 is 1.83 bits per heavy atom. The standard InChI is InChI=1S/C23H16N4O2S/c28-22-20(30-23-25-21(26-27(22)23)18-7-4-12-24-14-18)13-16-8-10-19(11-9-16)29-15-17-5-2-1-3-6-17/h1-14H,15H2/b20-13-. The highest BCUT2D eigenvalue weighted by Gasteiger charge is 2.11. The summed E-state index contributed by atoms with van der Waals surface area (Å²) in [4.78, 5) is 21.8. The van der Waals surface area contributed by atoms with Crippen LogP contribution in [0.1, 0.15) is 11.1 Å². The first-order valence-electron chi connectivity index (χ1n) is 9.35. The normalized spacial score (nSPS) is 11.8. The predicted octanol–water partition coefficient (Wildman–Crippen LogP) is 3.34. The van der Waals surface area contributed by atoms with E-state index in [1.54, 1.807) is 12.4 Å². The molecule has 0 saturated carbocycles. The molecule has 0 aliphatic carbocycles. The number of ether oxygens (including phenoxy) is 1. The molecule has 0 amide bonds. The van der Waals surface area contributed by atoms with E-state index in [4.69, 9.17) is 4.74 Å². The molecule has 6 nitrogen and oxygen atoms in total. The first-order valence-corrected chi connectivity index (χ1v) is 10.2. The number of rotatable bonds is 5. The van der Waals surface area contributed by atoms with Crippen LogP contribution in [0.5, 0.6) is 5.75 Å². The monoisotopic (exact) mass is 412 g/mol. The van der Waals surface area contributed by atoms with Gasteiger partial charge in [-0.3, -0.25) is 9.78 Å². The van der Waals surface area contributed by atoms with Crippen LogP contribution >= 0.6 is 11.3 Å². The summed E-state index contributed by atoms with van der Waals surface area (Å²) < 4.78 is 7.74. The van der Waals surface area contributed by atoms with Gasteiger partial charge >= 0.3 is 0 Å². The molecule has 0 fully saturated rings. The van der Waals surface area contributed by atoms with Crippen molar-refractivity contribution in [1.82, 2.24) is 19.6 Å². The number of fused-ring (bicyclic) bond motifs is 1. The third kappa shape index (κ3) is 3.70. The van der Waals surface area contributed by atoms with E-state index in [0.717, 1.165) is 22.4 Å². The Labute approximate surface area is 175 Å². The number of pyridine rings is 1. The quantitative estimate of drug-likeness (QED) is 0.443. The summed E-state index contributed by atoms with van der Waals surface area (Å²) in [6.45, 7) is 0.516. The summed E-state index contributed by atoms with van der Waals surface area (Å²) >= 11 is 1.32. The van der Waals surface area contributed by atoms with Gasteiger partial charge in [-0.25, -0.2) is 0 Å². The molecule has 0 bridgehead atoms. The van der Waals surface area contributed by atoms with Gasteiger partial charge in [0.15, 0.2) is 5.82 Å². The Balaban J connectivity index is 1.37. The lowest BCUT2D eigenvalue weighted by molar-refractivity contribution is 0.306. The van der Waals surface area contributed by atoms with E-state index in [1.165, 1.54) is 15.9 Å². The van der Waals surface area contributed by atoms with E-state index >= 15 is 0 Å². The lowest BCUT2D eigenvalue weighted by Crippen LogP contribution is -2.23. The van der Waals surface area contributed by atoms with Crippen LogP contribution in [0.25, 0.3) is 22.4 Å². The molecular weight excluding hydrogens is 396 g/mol. The molecule has 0 N–H and O–H groups in total. The SMILES string of the molecule is O=c1/c(=C/c2ccc(OCc3ccccc3)cc2)sc2nc(-c3cccnc3)nn12. The summed E-state index contributed by atoms with van der Waals surface area (Å²) in [5, 5.41) is 4.34. The maximum absolute atomic E-state index is 12.7. The summed E-state index contributed by atoms with van der Waals surface area (Å²) in [7, 11) is 0. The van der Waals surface area contributed by atoms with Crippen LogP contribution in [0.3, 0.4) is 0 Å². The molecule has 0 atom stereocenters. The van der Waals surface area contributed by atoms with Gasteiger partial charge < -0.3 is 4.74 Å². The zero-order valence-electron chi connectivity index (χ0n) is 15.8. The highest BCUT2D eigenvalue weighted by molar-refractivity contribution is 7.15. The zero-order valence-corrected chi connectivity index (χ0v) is 16.6. The summed E-state index contributed by atoms with van der Waals surface area (Å²) in [6.07, 6.45) is 5.21. The predicted molar refractivity (Wildman–Crippen MR) is 116 cm³/mol. The largest absolute Gasteiger partial charge is 0.489 e. The van der Waals surface area contributed by atoms with E-state index in [9.17, 15) is 4.79 Å². The van der Waals surface area contributed by atoms with Crippen LogP contribution in [0.2, 0.25) is 0 Å². The smallest absolute Gasteiger partial charge is 0.291 e. The van der Waals surface area contributed by atoms with Gasteiger partial charge in [0.05, 0.1) is 4.53 Å². The van der Waals surface area contributed by atoms with E-state index in [2.05, 4.69) is 15.1 Å². The molecule has 3 aromatic heterocycles. The van der Waals surface area contributed by atoms with Crippen LogP contribution in [-0.4, -0.2) is 19.6 Å². The molecule has 146 valence electrons. The maximum atomic E-state index is 12.7. The molecule has 2 aromatic carbocycles. The van der Waals surface area contributed by atoms with Crippen molar-refractivity contribution in [3.8, 4) is 17.1 Å². The van der Waals surface area contributed by atoms with Crippen LogP contribution in [0, 0.1) is 0 Å². The van der Waals surface area contributed by atoms with Crippen molar-refractivity contribution in [2.24, 2.45) is 0 Å². The summed E-state index contributed by atoms with van der Waals surface area (Å²) in [5.74, 6) is 1.28. The molecule has 5 rings (SSSR count). The molecule has 30 heavy (non-hydrogen) atoms. The van der Waals surface area contributed by atoms with Gasteiger partial charge in [0.2, 0.25) is 4.96 Å².